The highest BCUT2D eigenvalue weighted by Gasteiger charge is 2.32. The highest BCUT2D eigenvalue weighted by atomic mass is 16.5. The Morgan fingerprint density at radius 3 is 3.19 bits per heavy atom. The van der Waals surface area contributed by atoms with Crippen LogP contribution in [0, 0.1) is 0 Å². The van der Waals surface area contributed by atoms with E-state index in [2.05, 4.69) is 5.32 Å². The second kappa shape index (κ2) is 5.32. The maximum atomic E-state index is 11.7. The summed E-state index contributed by atoms with van der Waals surface area (Å²) in [6, 6.07) is -0.0698. The average Bonchev–Trinajstić information content (AvgIpc) is 2.61. The van der Waals surface area contributed by atoms with Gasteiger partial charge in [-0.25, -0.2) is 4.79 Å². The molecule has 16 heavy (non-hydrogen) atoms. The number of urea groups is 1. The highest BCUT2D eigenvalue weighted by molar-refractivity contribution is 5.75. The number of rotatable bonds is 3. The number of nitrogens with one attached hydrogen (secondary N) is 1. The molecule has 5 nitrogen and oxygen atoms in total. The van der Waals surface area contributed by atoms with Gasteiger partial charge in [-0.2, -0.15) is 0 Å². The molecule has 2 N–H and O–H groups in total. The van der Waals surface area contributed by atoms with Crippen molar-refractivity contribution in [2.75, 3.05) is 19.7 Å². The highest BCUT2D eigenvalue weighted by Crippen LogP contribution is 2.24. The van der Waals surface area contributed by atoms with Gasteiger partial charge in [0, 0.05) is 19.7 Å². The number of carbonyl (C=O) groups is 1. The predicted molar refractivity (Wildman–Crippen MR) is 58.8 cm³/mol. The molecular weight excluding hydrogens is 208 g/mol. The van der Waals surface area contributed by atoms with E-state index in [1.807, 2.05) is 12.2 Å². The van der Waals surface area contributed by atoms with E-state index >= 15 is 0 Å². The molecule has 90 valence electrons. The van der Waals surface area contributed by atoms with Gasteiger partial charge in [-0.05, 0) is 19.3 Å². The van der Waals surface area contributed by atoms with Gasteiger partial charge in [-0.1, -0.05) is 12.2 Å². The van der Waals surface area contributed by atoms with Crippen molar-refractivity contribution in [3.8, 4) is 0 Å². The first-order valence-corrected chi connectivity index (χ1v) is 5.77. The zero-order chi connectivity index (χ0) is 11.4. The molecule has 0 saturated carbocycles. The van der Waals surface area contributed by atoms with Crippen LogP contribution in [0.25, 0.3) is 0 Å². The van der Waals surface area contributed by atoms with E-state index in [0.717, 1.165) is 12.8 Å². The first kappa shape index (κ1) is 11.4. The van der Waals surface area contributed by atoms with Crippen LogP contribution >= 0.6 is 0 Å². The molecular formula is C11H18N2O3. The Bertz CT molecular complexity index is 280. The third kappa shape index (κ3) is 2.54. The first-order chi connectivity index (χ1) is 7.81. The number of ether oxygens (including phenoxy) is 1. The van der Waals surface area contributed by atoms with Gasteiger partial charge in [-0.15, -0.1) is 0 Å². The molecule has 1 fully saturated rings. The zero-order valence-corrected chi connectivity index (χ0v) is 9.26. The Labute approximate surface area is 95.1 Å². The fraction of sp³-hybridized carbons (Fsp3) is 0.727. The normalized spacial score (nSPS) is 30.3. The van der Waals surface area contributed by atoms with E-state index in [1.165, 1.54) is 0 Å². The van der Waals surface area contributed by atoms with Crippen LogP contribution in [0.1, 0.15) is 19.3 Å². The molecule has 0 spiro atoms. The summed E-state index contributed by atoms with van der Waals surface area (Å²) in [5, 5.41) is 11.6. The lowest BCUT2D eigenvalue weighted by Gasteiger charge is -2.26. The van der Waals surface area contributed by atoms with E-state index in [1.54, 1.807) is 4.90 Å². The van der Waals surface area contributed by atoms with Gasteiger partial charge < -0.3 is 15.2 Å². The third-order valence-corrected chi connectivity index (χ3v) is 2.98. The summed E-state index contributed by atoms with van der Waals surface area (Å²) >= 11 is 0. The Morgan fingerprint density at radius 2 is 2.38 bits per heavy atom. The minimum atomic E-state index is -0.140. The molecule has 1 saturated heterocycles. The fourth-order valence-corrected chi connectivity index (χ4v) is 2.12. The van der Waals surface area contributed by atoms with Crippen LogP contribution in [0.15, 0.2) is 12.2 Å². The minimum Gasteiger partial charge on any atom is -0.396 e. The number of amides is 2. The number of aliphatic hydroxyl groups is 1. The molecule has 2 atom stereocenters. The Balaban J connectivity index is 1.91. The Hall–Kier alpha value is -1.07. The number of hydrogen-bond donors (Lipinski definition) is 2. The summed E-state index contributed by atoms with van der Waals surface area (Å²) < 4.78 is 5.74. The van der Waals surface area contributed by atoms with Crippen molar-refractivity contribution in [3.05, 3.63) is 12.2 Å². The van der Waals surface area contributed by atoms with Gasteiger partial charge in [0.25, 0.3) is 0 Å². The standard InChI is InChI=1S/C11H18N2O3/c14-8-5-9-3-4-10(16-9)13-7-2-1-6-12-11(13)15/h1-2,9-10,14H,3-8H2,(H,12,15). The maximum Gasteiger partial charge on any atom is 0.319 e. The van der Waals surface area contributed by atoms with E-state index in [0.29, 0.717) is 19.5 Å². The number of aliphatic hydroxyl groups excluding tert-OH is 1. The first-order valence-electron chi connectivity index (χ1n) is 5.77. The lowest BCUT2D eigenvalue weighted by atomic mass is 10.2. The summed E-state index contributed by atoms with van der Waals surface area (Å²) in [7, 11) is 0. The SMILES string of the molecule is O=C1NCC=CCN1C1CCC(CCO)O1. The van der Waals surface area contributed by atoms with Crippen molar-refractivity contribution in [2.45, 2.75) is 31.6 Å². The molecule has 2 aliphatic rings. The summed E-state index contributed by atoms with van der Waals surface area (Å²) in [6.07, 6.45) is 6.29. The molecule has 0 aromatic heterocycles. The number of hydrogen-bond acceptors (Lipinski definition) is 3. The van der Waals surface area contributed by atoms with Gasteiger partial charge in [0.15, 0.2) is 0 Å². The molecule has 2 amide bonds. The summed E-state index contributed by atoms with van der Waals surface area (Å²) in [5.74, 6) is 0. The van der Waals surface area contributed by atoms with E-state index < -0.39 is 0 Å². The van der Waals surface area contributed by atoms with Crippen molar-refractivity contribution in [1.82, 2.24) is 10.2 Å². The number of nitrogens with zero attached hydrogens (tertiary/aromatic N) is 1. The van der Waals surface area contributed by atoms with Crippen molar-refractivity contribution in [2.24, 2.45) is 0 Å². The van der Waals surface area contributed by atoms with Crippen LogP contribution < -0.4 is 5.32 Å². The second-order valence-corrected chi connectivity index (χ2v) is 4.11. The molecule has 0 aliphatic carbocycles. The zero-order valence-electron chi connectivity index (χ0n) is 9.26. The molecule has 2 unspecified atom stereocenters. The van der Waals surface area contributed by atoms with Crippen molar-refractivity contribution >= 4 is 6.03 Å². The van der Waals surface area contributed by atoms with Crippen LogP contribution in [0.3, 0.4) is 0 Å². The smallest absolute Gasteiger partial charge is 0.319 e. The second-order valence-electron chi connectivity index (χ2n) is 4.11. The predicted octanol–water partition coefficient (Wildman–Crippen LogP) is 0.455. The number of carbonyl (C=O) groups excluding carboxylic acids is 1. The molecule has 0 bridgehead atoms. The molecule has 2 rings (SSSR count). The van der Waals surface area contributed by atoms with E-state index in [9.17, 15) is 4.79 Å². The summed E-state index contributed by atoms with van der Waals surface area (Å²) in [6.45, 7) is 1.33. The van der Waals surface area contributed by atoms with Crippen molar-refractivity contribution < 1.29 is 14.6 Å². The Kier molecular flexibility index (Phi) is 3.79. The monoisotopic (exact) mass is 226 g/mol. The molecule has 0 aromatic rings. The van der Waals surface area contributed by atoms with Gasteiger partial charge in [0.05, 0.1) is 6.10 Å². The molecule has 0 aromatic carbocycles. The quantitative estimate of drug-likeness (QED) is 0.687. The molecule has 5 heteroatoms. The van der Waals surface area contributed by atoms with Gasteiger partial charge in [0.2, 0.25) is 0 Å². The van der Waals surface area contributed by atoms with Crippen LogP contribution in [0.4, 0.5) is 4.79 Å². The average molecular weight is 226 g/mol. The van der Waals surface area contributed by atoms with E-state index in [4.69, 9.17) is 9.84 Å². The van der Waals surface area contributed by atoms with Crippen molar-refractivity contribution in [1.29, 1.82) is 0 Å². The van der Waals surface area contributed by atoms with Gasteiger partial charge in [0.1, 0.15) is 6.23 Å². The Morgan fingerprint density at radius 1 is 1.50 bits per heavy atom. The van der Waals surface area contributed by atoms with E-state index in [-0.39, 0.29) is 25.0 Å². The summed E-state index contributed by atoms with van der Waals surface area (Å²) in [5.41, 5.74) is 0. The van der Waals surface area contributed by atoms with Crippen LogP contribution in [0.2, 0.25) is 0 Å². The topological polar surface area (TPSA) is 61.8 Å². The van der Waals surface area contributed by atoms with Gasteiger partial charge in [-0.3, -0.25) is 4.90 Å². The molecule has 2 aliphatic heterocycles. The third-order valence-electron chi connectivity index (χ3n) is 2.98. The molecule has 0 radical (unpaired) electrons. The van der Waals surface area contributed by atoms with Crippen molar-refractivity contribution in [3.63, 3.8) is 0 Å². The summed E-state index contributed by atoms with van der Waals surface area (Å²) in [4.78, 5) is 13.4. The van der Waals surface area contributed by atoms with Crippen LogP contribution in [-0.2, 0) is 4.74 Å². The largest absolute Gasteiger partial charge is 0.396 e. The molecule has 2 heterocycles. The van der Waals surface area contributed by atoms with Crippen LogP contribution in [0.5, 0.6) is 0 Å². The minimum absolute atomic E-state index is 0.0698. The lowest BCUT2D eigenvalue weighted by molar-refractivity contribution is -0.0358. The maximum absolute atomic E-state index is 11.7. The lowest BCUT2D eigenvalue weighted by Crippen LogP contribution is -2.45. The fourth-order valence-electron chi connectivity index (χ4n) is 2.12. The van der Waals surface area contributed by atoms with Gasteiger partial charge >= 0.3 is 6.03 Å². The van der Waals surface area contributed by atoms with Crippen LogP contribution in [-0.4, -0.2) is 48.1 Å².